The zero-order valence-electron chi connectivity index (χ0n) is 16.4. The molecule has 2 aromatic rings. The van der Waals surface area contributed by atoms with E-state index in [9.17, 15) is 29.3 Å². The Labute approximate surface area is 179 Å². The molecule has 1 N–H and O–H groups in total. The summed E-state index contributed by atoms with van der Waals surface area (Å²) in [5.41, 5.74) is -0.464. The molecule has 0 aliphatic carbocycles. The molecule has 0 bridgehead atoms. The molecule has 0 aromatic heterocycles. The number of nitro benzene ring substituents is 1. The number of anilines is 1. The van der Waals surface area contributed by atoms with E-state index in [0.717, 1.165) is 11.0 Å². The van der Waals surface area contributed by atoms with Crippen molar-refractivity contribution < 1.29 is 38.3 Å². The number of amides is 3. The van der Waals surface area contributed by atoms with Gasteiger partial charge in [0.1, 0.15) is 5.56 Å². The molecule has 2 aliphatic heterocycles. The number of imide groups is 1. The van der Waals surface area contributed by atoms with Crippen LogP contribution in [0.1, 0.15) is 27.1 Å². The number of nitrogens with one attached hydrogen (secondary N) is 1. The molecule has 0 saturated carbocycles. The number of benzene rings is 2. The number of rotatable bonds is 7. The Hall–Kier alpha value is -4.48. The highest BCUT2D eigenvalue weighted by Crippen LogP contribution is 2.34. The van der Waals surface area contributed by atoms with Crippen LogP contribution in [0, 0.1) is 10.1 Å². The van der Waals surface area contributed by atoms with Gasteiger partial charge in [-0.1, -0.05) is 6.07 Å². The summed E-state index contributed by atoms with van der Waals surface area (Å²) in [6.07, 6.45) is -0.378. The highest BCUT2D eigenvalue weighted by Gasteiger charge is 2.40. The standard InChI is InChI=1S/C20H15N3O9/c24-16(21-11-4-5-14-15(8-11)32-10-31-14)9-30-17(25)6-7-22-19(26)12-2-1-3-13(23(28)29)18(12)20(22)27/h1-5,8H,6-7,9-10H2,(H,21,24). The highest BCUT2D eigenvalue weighted by atomic mass is 16.7. The number of nitro groups is 1. The van der Waals surface area contributed by atoms with Crippen molar-refractivity contribution in [3.63, 3.8) is 0 Å². The third-order valence-electron chi connectivity index (χ3n) is 4.73. The zero-order chi connectivity index (χ0) is 22.8. The number of fused-ring (bicyclic) bond motifs is 2. The number of esters is 1. The fourth-order valence-corrected chi connectivity index (χ4v) is 3.26. The topological polar surface area (TPSA) is 154 Å². The summed E-state index contributed by atoms with van der Waals surface area (Å²) in [6.45, 7) is -0.836. The van der Waals surface area contributed by atoms with Crippen LogP contribution in [0.2, 0.25) is 0 Å². The van der Waals surface area contributed by atoms with Crippen molar-refractivity contribution in [1.29, 1.82) is 0 Å². The molecular formula is C20H15N3O9. The van der Waals surface area contributed by atoms with Crippen LogP contribution in [-0.2, 0) is 14.3 Å². The molecule has 0 radical (unpaired) electrons. The lowest BCUT2D eigenvalue weighted by molar-refractivity contribution is -0.385. The van der Waals surface area contributed by atoms with E-state index in [4.69, 9.17) is 14.2 Å². The summed E-state index contributed by atoms with van der Waals surface area (Å²) in [4.78, 5) is 59.9. The molecule has 0 saturated heterocycles. The second-order valence-electron chi connectivity index (χ2n) is 6.75. The van der Waals surface area contributed by atoms with Crippen LogP contribution in [-0.4, -0.2) is 53.5 Å². The first kappa shape index (κ1) is 20.8. The van der Waals surface area contributed by atoms with Gasteiger partial charge in [-0.05, 0) is 18.2 Å². The number of hydrogen-bond donors (Lipinski definition) is 1. The summed E-state index contributed by atoms with van der Waals surface area (Å²) in [5, 5.41) is 13.7. The predicted molar refractivity (Wildman–Crippen MR) is 105 cm³/mol. The molecule has 2 heterocycles. The normalized spacial score (nSPS) is 13.7. The largest absolute Gasteiger partial charge is 0.456 e. The Bertz CT molecular complexity index is 1160. The summed E-state index contributed by atoms with van der Waals surface area (Å²) in [5.74, 6) is -1.99. The first-order valence-electron chi connectivity index (χ1n) is 9.34. The van der Waals surface area contributed by atoms with Crippen LogP contribution in [0.15, 0.2) is 36.4 Å². The van der Waals surface area contributed by atoms with Gasteiger partial charge in [0.25, 0.3) is 23.4 Å². The minimum atomic E-state index is -0.856. The fraction of sp³-hybridized carbons (Fsp3) is 0.200. The van der Waals surface area contributed by atoms with Gasteiger partial charge in [-0.3, -0.25) is 34.2 Å². The number of hydrogen-bond acceptors (Lipinski definition) is 9. The quantitative estimate of drug-likeness (QED) is 0.291. The van der Waals surface area contributed by atoms with Gasteiger partial charge in [-0.25, -0.2) is 0 Å². The van der Waals surface area contributed by atoms with Crippen molar-refractivity contribution in [2.24, 2.45) is 0 Å². The lowest BCUT2D eigenvalue weighted by atomic mass is 10.1. The van der Waals surface area contributed by atoms with Gasteiger partial charge in [0.2, 0.25) is 6.79 Å². The van der Waals surface area contributed by atoms with Crippen molar-refractivity contribution in [2.45, 2.75) is 6.42 Å². The van der Waals surface area contributed by atoms with Crippen LogP contribution < -0.4 is 14.8 Å². The van der Waals surface area contributed by atoms with Crippen molar-refractivity contribution >= 4 is 35.1 Å². The maximum absolute atomic E-state index is 12.5. The molecular weight excluding hydrogens is 426 g/mol. The highest BCUT2D eigenvalue weighted by molar-refractivity contribution is 6.23. The summed E-state index contributed by atoms with van der Waals surface area (Å²) in [7, 11) is 0. The third kappa shape index (κ3) is 3.93. The molecule has 0 atom stereocenters. The van der Waals surface area contributed by atoms with Crippen LogP contribution in [0.3, 0.4) is 0 Å². The Morgan fingerprint density at radius 1 is 1.12 bits per heavy atom. The van der Waals surface area contributed by atoms with Crippen LogP contribution in [0.5, 0.6) is 11.5 Å². The number of carbonyl (C=O) groups is 4. The Morgan fingerprint density at radius 2 is 1.91 bits per heavy atom. The lowest BCUT2D eigenvalue weighted by Gasteiger charge is -2.13. The Kier molecular flexibility index (Phi) is 5.41. The van der Waals surface area contributed by atoms with Crippen molar-refractivity contribution in [2.75, 3.05) is 25.3 Å². The van der Waals surface area contributed by atoms with Gasteiger partial charge in [0, 0.05) is 24.4 Å². The Morgan fingerprint density at radius 3 is 2.69 bits per heavy atom. The summed E-state index contributed by atoms with van der Waals surface area (Å²) in [6, 6.07) is 8.51. The zero-order valence-corrected chi connectivity index (χ0v) is 16.4. The smallest absolute Gasteiger partial charge is 0.308 e. The van der Waals surface area contributed by atoms with E-state index in [1.54, 1.807) is 18.2 Å². The maximum Gasteiger partial charge on any atom is 0.308 e. The van der Waals surface area contributed by atoms with E-state index < -0.39 is 40.9 Å². The van der Waals surface area contributed by atoms with E-state index >= 15 is 0 Å². The van der Waals surface area contributed by atoms with E-state index in [2.05, 4.69) is 5.32 Å². The maximum atomic E-state index is 12.5. The second-order valence-corrected chi connectivity index (χ2v) is 6.75. The van der Waals surface area contributed by atoms with Crippen LogP contribution >= 0.6 is 0 Å². The molecule has 0 spiro atoms. The average Bonchev–Trinajstić information content (AvgIpc) is 3.33. The lowest BCUT2D eigenvalue weighted by Crippen LogP contribution is -2.32. The first-order valence-corrected chi connectivity index (χ1v) is 9.34. The number of ether oxygens (including phenoxy) is 3. The summed E-state index contributed by atoms with van der Waals surface area (Å²) < 4.78 is 15.2. The Balaban J connectivity index is 1.28. The molecule has 32 heavy (non-hydrogen) atoms. The van der Waals surface area contributed by atoms with E-state index in [-0.39, 0.29) is 30.9 Å². The molecule has 2 aromatic carbocycles. The van der Waals surface area contributed by atoms with Gasteiger partial charge in [0.15, 0.2) is 18.1 Å². The van der Waals surface area contributed by atoms with E-state index in [1.807, 2.05) is 0 Å². The second kappa shape index (κ2) is 8.34. The van der Waals surface area contributed by atoms with Gasteiger partial charge in [-0.2, -0.15) is 0 Å². The monoisotopic (exact) mass is 441 g/mol. The van der Waals surface area contributed by atoms with Crippen molar-refractivity contribution in [3.8, 4) is 11.5 Å². The number of carbonyl (C=O) groups excluding carboxylic acids is 4. The summed E-state index contributed by atoms with van der Waals surface area (Å²) >= 11 is 0. The minimum absolute atomic E-state index is 0.0881. The van der Waals surface area contributed by atoms with Crippen molar-refractivity contribution in [1.82, 2.24) is 4.90 Å². The van der Waals surface area contributed by atoms with E-state index in [1.165, 1.54) is 12.1 Å². The molecule has 2 aliphatic rings. The fourth-order valence-electron chi connectivity index (χ4n) is 3.26. The van der Waals surface area contributed by atoms with Gasteiger partial charge in [-0.15, -0.1) is 0 Å². The molecule has 4 rings (SSSR count). The van der Waals surface area contributed by atoms with Crippen LogP contribution in [0.25, 0.3) is 0 Å². The molecule has 12 nitrogen and oxygen atoms in total. The first-order chi connectivity index (χ1) is 15.3. The number of nitrogens with zero attached hydrogens (tertiary/aromatic N) is 2. The van der Waals surface area contributed by atoms with Gasteiger partial charge < -0.3 is 19.5 Å². The van der Waals surface area contributed by atoms with Gasteiger partial charge >= 0.3 is 5.97 Å². The van der Waals surface area contributed by atoms with Crippen LogP contribution in [0.4, 0.5) is 11.4 Å². The predicted octanol–water partition coefficient (Wildman–Crippen LogP) is 1.49. The molecule has 12 heteroatoms. The SMILES string of the molecule is O=C(COC(=O)CCN1C(=O)c2cccc([N+](=O)[O-])c2C1=O)Nc1ccc2c(c1)OCO2. The third-order valence-corrected chi connectivity index (χ3v) is 4.73. The molecule has 0 unspecified atom stereocenters. The minimum Gasteiger partial charge on any atom is -0.456 e. The van der Waals surface area contributed by atoms with Crippen molar-refractivity contribution in [3.05, 3.63) is 57.6 Å². The van der Waals surface area contributed by atoms with Gasteiger partial charge in [0.05, 0.1) is 16.9 Å². The molecule has 3 amide bonds. The van der Waals surface area contributed by atoms with E-state index in [0.29, 0.717) is 17.2 Å². The molecule has 164 valence electrons. The average molecular weight is 441 g/mol. The molecule has 0 fully saturated rings.